The Kier molecular flexibility index (Phi) is 4.08. The summed E-state index contributed by atoms with van der Waals surface area (Å²) in [7, 11) is 0. The Morgan fingerprint density at radius 2 is 2.17 bits per heavy atom. The first-order chi connectivity index (χ1) is 10.9. The molecule has 2 N–H and O–H groups in total. The highest BCUT2D eigenvalue weighted by Crippen LogP contribution is 2.31. The first-order valence-corrected chi connectivity index (χ1v) is 7.21. The lowest BCUT2D eigenvalue weighted by Crippen LogP contribution is -2.48. The number of nitrogens with one attached hydrogen (secondary N) is 1. The minimum absolute atomic E-state index is 0.106. The Morgan fingerprint density at radius 1 is 1.43 bits per heavy atom. The monoisotopic (exact) mass is 322 g/mol. The van der Waals surface area contributed by atoms with E-state index in [0.717, 1.165) is 5.56 Å². The fraction of sp³-hybridized carbons (Fsp3) is 0.400. The minimum Gasteiger partial charge on any atom is -0.481 e. The summed E-state index contributed by atoms with van der Waals surface area (Å²) in [6.07, 6.45) is 2.68. The molecule has 0 spiro atoms. The first kappa shape index (κ1) is 15.5. The van der Waals surface area contributed by atoms with E-state index in [4.69, 9.17) is 5.11 Å². The van der Waals surface area contributed by atoms with E-state index in [0.29, 0.717) is 11.4 Å². The van der Waals surface area contributed by atoms with Gasteiger partial charge in [0.05, 0.1) is 18.2 Å². The van der Waals surface area contributed by atoms with Crippen molar-refractivity contribution < 1.29 is 18.7 Å². The number of alkyl halides is 2. The van der Waals surface area contributed by atoms with Crippen LogP contribution in [0.3, 0.4) is 0 Å². The average Bonchev–Trinajstić information content (AvgIpc) is 2.95. The first-order valence-electron chi connectivity index (χ1n) is 7.21. The summed E-state index contributed by atoms with van der Waals surface area (Å²) < 4.78 is 27.4. The van der Waals surface area contributed by atoms with E-state index in [1.165, 1.54) is 4.90 Å². The van der Waals surface area contributed by atoms with Crippen molar-refractivity contribution in [2.75, 3.05) is 13.1 Å². The number of likely N-dealkylation sites (tertiary alicyclic amines) is 1. The van der Waals surface area contributed by atoms with Gasteiger partial charge in [-0.05, 0) is 18.2 Å². The van der Waals surface area contributed by atoms with Crippen LogP contribution in [0.15, 0.2) is 30.6 Å². The molecule has 0 amide bonds. The quantitative estimate of drug-likeness (QED) is 0.900. The molecule has 1 unspecified atom stereocenters. The average molecular weight is 322 g/mol. The number of aromatic nitrogens is 3. The number of pyridine rings is 1. The molecule has 3 heterocycles. The molecule has 0 aliphatic carbocycles. The van der Waals surface area contributed by atoms with Crippen molar-refractivity contribution in [1.82, 2.24) is 20.1 Å². The zero-order valence-electron chi connectivity index (χ0n) is 12.2. The van der Waals surface area contributed by atoms with Crippen molar-refractivity contribution in [3.05, 3.63) is 36.3 Å². The van der Waals surface area contributed by atoms with Crippen LogP contribution in [-0.4, -0.2) is 50.2 Å². The highest BCUT2D eigenvalue weighted by molar-refractivity contribution is 5.70. The lowest BCUT2D eigenvalue weighted by molar-refractivity contribution is -0.153. The molecule has 1 aliphatic heterocycles. The van der Waals surface area contributed by atoms with Gasteiger partial charge in [-0.15, -0.1) is 0 Å². The topological polar surface area (TPSA) is 82.1 Å². The van der Waals surface area contributed by atoms with Crippen LogP contribution in [0.25, 0.3) is 11.3 Å². The van der Waals surface area contributed by atoms with Crippen molar-refractivity contribution in [2.24, 2.45) is 5.92 Å². The van der Waals surface area contributed by atoms with Gasteiger partial charge >= 0.3 is 5.97 Å². The van der Waals surface area contributed by atoms with E-state index < -0.39 is 30.8 Å². The summed E-state index contributed by atoms with van der Waals surface area (Å²) in [6.45, 7) is -0.133. The number of carboxylic acid groups (broad SMARTS) is 1. The van der Waals surface area contributed by atoms with E-state index in [-0.39, 0.29) is 13.1 Å². The van der Waals surface area contributed by atoms with Gasteiger partial charge in [-0.1, -0.05) is 0 Å². The third-order valence-electron chi connectivity index (χ3n) is 3.83. The molecule has 0 bridgehead atoms. The summed E-state index contributed by atoms with van der Waals surface area (Å²) >= 11 is 0. The zero-order chi connectivity index (χ0) is 16.4. The van der Waals surface area contributed by atoms with E-state index in [1.54, 1.807) is 30.6 Å². The number of rotatable bonds is 4. The normalized spacial score (nSPS) is 21.2. The number of hydrogen-bond acceptors (Lipinski definition) is 4. The number of hydrogen-bond donors (Lipinski definition) is 2. The van der Waals surface area contributed by atoms with E-state index in [1.807, 2.05) is 0 Å². The van der Waals surface area contributed by atoms with Gasteiger partial charge in [0.15, 0.2) is 0 Å². The van der Waals surface area contributed by atoms with Gasteiger partial charge in [-0.25, -0.2) is 8.78 Å². The summed E-state index contributed by atoms with van der Waals surface area (Å²) in [5.74, 6) is -5.23. The maximum atomic E-state index is 13.7. The van der Waals surface area contributed by atoms with Crippen LogP contribution in [0.1, 0.15) is 12.1 Å². The van der Waals surface area contributed by atoms with E-state index >= 15 is 0 Å². The number of H-pyrrole nitrogens is 1. The summed E-state index contributed by atoms with van der Waals surface area (Å²) in [5.41, 5.74) is 2.23. The maximum Gasteiger partial charge on any atom is 0.308 e. The Morgan fingerprint density at radius 3 is 2.87 bits per heavy atom. The molecule has 8 heteroatoms. The standard InChI is InChI=1S/C15H16F2N4O2/c16-15(17)6-11(14(22)23)7-21(9-15)8-12-5-13(20-19-12)10-1-3-18-4-2-10/h1-5,11H,6-9H2,(H,19,20)(H,22,23). The van der Waals surface area contributed by atoms with Crippen LogP contribution in [-0.2, 0) is 11.3 Å². The van der Waals surface area contributed by atoms with Gasteiger partial charge in [0.1, 0.15) is 0 Å². The SMILES string of the molecule is O=C(O)C1CN(Cc2cc(-c3ccncc3)n[nH]2)CC(F)(F)C1. The molecule has 0 radical (unpaired) electrons. The lowest BCUT2D eigenvalue weighted by atomic mass is 9.95. The second-order valence-corrected chi connectivity index (χ2v) is 5.78. The van der Waals surface area contributed by atoms with Crippen LogP contribution in [0.2, 0.25) is 0 Å². The van der Waals surface area contributed by atoms with Gasteiger partial charge in [0.2, 0.25) is 0 Å². The maximum absolute atomic E-state index is 13.7. The molecule has 1 atom stereocenters. The van der Waals surface area contributed by atoms with Crippen LogP contribution >= 0.6 is 0 Å². The predicted octanol–water partition coefficient (Wildman–Crippen LogP) is 2.01. The summed E-state index contributed by atoms with van der Waals surface area (Å²) in [5, 5.41) is 16.0. The third kappa shape index (κ3) is 3.70. The number of carbonyl (C=O) groups is 1. The van der Waals surface area contributed by atoms with Gasteiger partial charge in [-0.2, -0.15) is 5.10 Å². The Hall–Kier alpha value is -2.35. The van der Waals surface area contributed by atoms with Gasteiger partial charge in [0, 0.05) is 43.2 Å². The van der Waals surface area contributed by atoms with Gasteiger partial charge in [-0.3, -0.25) is 19.8 Å². The van der Waals surface area contributed by atoms with Crippen LogP contribution in [0.4, 0.5) is 8.78 Å². The van der Waals surface area contributed by atoms with Gasteiger partial charge in [0.25, 0.3) is 5.92 Å². The van der Waals surface area contributed by atoms with Gasteiger partial charge < -0.3 is 5.11 Å². The molecule has 1 fully saturated rings. The van der Waals surface area contributed by atoms with E-state index in [2.05, 4.69) is 15.2 Å². The summed E-state index contributed by atoms with van der Waals surface area (Å²) in [4.78, 5) is 16.4. The molecule has 2 aromatic rings. The summed E-state index contributed by atoms with van der Waals surface area (Å²) in [6, 6.07) is 5.38. The zero-order valence-corrected chi connectivity index (χ0v) is 12.2. The second-order valence-electron chi connectivity index (χ2n) is 5.78. The lowest BCUT2D eigenvalue weighted by Gasteiger charge is -2.35. The molecule has 6 nitrogen and oxygen atoms in total. The number of nitrogens with zero attached hydrogens (tertiary/aromatic N) is 3. The highest BCUT2D eigenvalue weighted by Gasteiger charge is 2.43. The molecule has 1 aliphatic rings. The molecule has 1 saturated heterocycles. The van der Waals surface area contributed by atoms with Crippen molar-refractivity contribution in [3.63, 3.8) is 0 Å². The van der Waals surface area contributed by atoms with Crippen LogP contribution in [0, 0.1) is 5.92 Å². The predicted molar refractivity (Wildman–Crippen MR) is 77.8 cm³/mol. The van der Waals surface area contributed by atoms with E-state index in [9.17, 15) is 13.6 Å². The number of piperidine rings is 1. The number of aromatic amines is 1. The fourth-order valence-electron chi connectivity index (χ4n) is 2.83. The molecule has 2 aromatic heterocycles. The Labute approximate surface area is 131 Å². The largest absolute Gasteiger partial charge is 0.481 e. The molecule has 0 saturated carbocycles. The highest BCUT2D eigenvalue weighted by atomic mass is 19.3. The molecule has 122 valence electrons. The smallest absolute Gasteiger partial charge is 0.308 e. The molecular weight excluding hydrogens is 306 g/mol. The number of halogens is 2. The van der Waals surface area contributed by atoms with Crippen LogP contribution < -0.4 is 0 Å². The molecular formula is C15H16F2N4O2. The molecule has 23 heavy (non-hydrogen) atoms. The fourth-order valence-corrected chi connectivity index (χ4v) is 2.83. The second kappa shape index (κ2) is 6.04. The van der Waals surface area contributed by atoms with Crippen LogP contribution in [0.5, 0.6) is 0 Å². The molecule has 3 rings (SSSR count). The Bertz CT molecular complexity index is 690. The number of aliphatic carboxylic acids is 1. The van der Waals surface area contributed by atoms with Crippen molar-refractivity contribution in [2.45, 2.75) is 18.9 Å². The number of carboxylic acids is 1. The van der Waals surface area contributed by atoms with Crippen molar-refractivity contribution >= 4 is 5.97 Å². The minimum atomic E-state index is -2.99. The molecule has 0 aromatic carbocycles. The van der Waals surface area contributed by atoms with Crippen molar-refractivity contribution in [3.8, 4) is 11.3 Å². The Balaban J connectivity index is 1.72. The third-order valence-corrected chi connectivity index (χ3v) is 3.83. The van der Waals surface area contributed by atoms with Crippen molar-refractivity contribution in [1.29, 1.82) is 0 Å².